The highest BCUT2D eigenvalue weighted by molar-refractivity contribution is 4.70. The predicted molar refractivity (Wildman–Crippen MR) is 80.7 cm³/mol. The quantitative estimate of drug-likeness (QED) is 0.535. The smallest absolute Gasteiger partial charge is 0.0110 e. The summed E-state index contributed by atoms with van der Waals surface area (Å²) in [6, 6.07) is 0. The minimum absolute atomic E-state index is 1.10. The molecule has 0 radical (unpaired) electrons. The first-order valence-electron chi connectivity index (χ1n) is 8.02. The molecular formula is C14H31N5. The maximum atomic E-state index is 3.57. The van der Waals surface area contributed by atoms with Gasteiger partial charge in [-0.3, -0.25) is 0 Å². The second-order valence-electron chi connectivity index (χ2n) is 5.64. The van der Waals surface area contributed by atoms with Gasteiger partial charge in [0.15, 0.2) is 0 Å². The lowest BCUT2D eigenvalue weighted by molar-refractivity contribution is 0.214. The summed E-state index contributed by atoms with van der Waals surface area (Å²) in [5, 5.41) is 10.6. The zero-order valence-corrected chi connectivity index (χ0v) is 12.3. The summed E-state index contributed by atoms with van der Waals surface area (Å²) in [5.74, 6) is 0. The van der Waals surface area contributed by atoms with Crippen molar-refractivity contribution in [3.63, 3.8) is 0 Å². The summed E-state index contributed by atoms with van der Waals surface area (Å²) in [6.07, 6.45) is 2.53. The van der Waals surface area contributed by atoms with Gasteiger partial charge in [0.1, 0.15) is 0 Å². The van der Waals surface area contributed by atoms with E-state index in [1.165, 1.54) is 52.1 Å². The number of hydrogen-bond acceptors (Lipinski definition) is 5. The van der Waals surface area contributed by atoms with Crippen LogP contribution in [-0.4, -0.2) is 88.3 Å². The minimum Gasteiger partial charge on any atom is -0.315 e. The van der Waals surface area contributed by atoms with Crippen molar-refractivity contribution in [2.24, 2.45) is 0 Å². The molecule has 2 aliphatic rings. The van der Waals surface area contributed by atoms with Crippen molar-refractivity contribution in [3.8, 4) is 0 Å². The summed E-state index contributed by atoms with van der Waals surface area (Å²) in [5.41, 5.74) is 0. The van der Waals surface area contributed by atoms with Crippen molar-refractivity contribution in [2.45, 2.75) is 12.8 Å². The van der Waals surface area contributed by atoms with Gasteiger partial charge >= 0.3 is 0 Å². The van der Waals surface area contributed by atoms with Gasteiger partial charge in [-0.2, -0.15) is 0 Å². The van der Waals surface area contributed by atoms with Crippen molar-refractivity contribution >= 4 is 0 Å². The maximum Gasteiger partial charge on any atom is 0.0110 e. The molecule has 0 aliphatic carbocycles. The van der Waals surface area contributed by atoms with E-state index in [-0.39, 0.29) is 0 Å². The van der Waals surface area contributed by atoms with Gasteiger partial charge in [0.05, 0.1) is 0 Å². The third-order valence-corrected chi connectivity index (χ3v) is 4.08. The molecule has 19 heavy (non-hydrogen) atoms. The largest absolute Gasteiger partial charge is 0.315 e. The van der Waals surface area contributed by atoms with Gasteiger partial charge in [0.2, 0.25) is 0 Å². The van der Waals surface area contributed by atoms with Crippen LogP contribution in [0.25, 0.3) is 0 Å². The molecule has 2 rings (SSSR count). The fourth-order valence-corrected chi connectivity index (χ4v) is 2.84. The molecule has 0 aromatic heterocycles. The van der Waals surface area contributed by atoms with Crippen molar-refractivity contribution in [1.82, 2.24) is 25.8 Å². The fraction of sp³-hybridized carbons (Fsp3) is 1.00. The molecule has 112 valence electrons. The molecule has 2 aliphatic heterocycles. The third-order valence-electron chi connectivity index (χ3n) is 4.08. The Morgan fingerprint density at radius 2 is 0.895 bits per heavy atom. The number of hydrogen-bond donors (Lipinski definition) is 3. The summed E-state index contributed by atoms with van der Waals surface area (Å²) >= 11 is 0. The van der Waals surface area contributed by atoms with E-state index < -0.39 is 0 Å². The first-order chi connectivity index (χ1) is 9.45. The maximum absolute atomic E-state index is 3.57. The summed E-state index contributed by atoms with van der Waals surface area (Å²) in [6.45, 7) is 14.1. The van der Waals surface area contributed by atoms with Crippen LogP contribution in [0.4, 0.5) is 0 Å². The van der Waals surface area contributed by atoms with Gasteiger partial charge < -0.3 is 25.8 Å². The van der Waals surface area contributed by atoms with Crippen molar-refractivity contribution in [2.75, 3.05) is 78.5 Å². The summed E-state index contributed by atoms with van der Waals surface area (Å²) in [4.78, 5) is 5.24. The van der Waals surface area contributed by atoms with E-state index in [9.17, 15) is 0 Å². The first kappa shape index (κ1) is 15.2. The molecule has 2 atom stereocenters. The summed E-state index contributed by atoms with van der Waals surface area (Å²) < 4.78 is 0. The Morgan fingerprint density at radius 1 is 0.421 bits per heavy atom. The number of nitrogens with zero attached hydrogens (tertiary/aromatic N) is 2. The predicted octanol–water partition coefficient (Wildman–Crippen LogP) is -0.833. The highest BCUT2D eigenvalue weighted by atomic mass is 15.2. The van der Waals surface area contributed by atoms with E-state index in [0.29, 0.717) is 0 Å². The van der Waals surface area contributed by atoms with Crippen LogP contribution in [0.1, 0.15) is 12.8 Å². The van der Waals surface area contributed by atoms with Crippen LogP contribution >= 0.6 is 0 Å². The Morgan fingerprint density at radius 3 is 1.42 bits per heavy atom. The second-order valence-corrected chi connectivity index (χ2v) is 5.64. The fourth-order valence-electron chi connectivity index (χ4n) is 2.84. The average Bonchev–Trinajstić information content (AvgIpc) is 2.53. The van der Waals surface area contributed by atoms with E-state index in [1.54, 1.807) is 0 Å². The lowest BCUT2D eigenvalue weighted by atomic mass is 10.3. The zero-order valence-electron chi connectivity index (χ0n) is 12.3. The van der Waals surface area contributed by atoms with E-state index in [4.69, 9.17) is 0 Å². The molecule has 2 fully saturated rings. The second kappa shape index (κ2) is 9.66. The number of fused-ring (bicyclic) bond motifs is 3. The lowest BCUT2D eigenvalue weighted by Crippen LogP contribution is -2.39. The van der Waals surface area contributed by atoms with Crippen LogP contribution in [0.5, 0.6) is 0 Å². The molecule has 0 aromatic rings. The van der Waals surface area contributed by atoms with Crippen molar-refractivity contribution < 1.29 is 0 Å². The van der Waals surface area contributed by atoms with Crippen LogP contribution in [-0.2, 0) is 0 Å². The van der Waals surface area contributed by atoms with Crippen LogP contribution in [0, 0.1) is 0 Å². The van der Waals surface area contributed by atoms with E-state index in [1.807, 2.05) is 0 Å². The van der Waals surface area contributed by atoms with Crippen LogP contribution in [0.15, 0.2) is 0 Å². The first-order valence-corrected chi connectivity index (χ1v) is 8.02. The van der Waals surface area contributed by atoms with Crippen molar-refractivity contribution in [1.29, 1.82) is 0 Å². The van der Waals surface area contributed by atoms with Gasteiger partial charge in [-0.25, -0.2) is 0 Å². The highest BCUT2D eigenvalue weighted by Gasteiger charge is 2.11. The standard InChI is InChI=1S/C14H31N5/c1-3-15-5-6-16-4-2-10-19-12-8-17-7-11-18(9-1)13-14-19/h15-17H,1-14H2. The van der Waals surface area contributed by atoms with Crippen LogP contribution in [0.2, 0.25) is 0 Å². The Balaban J connectivity index is 1.82. The highest BCUT2D eigenvalue weighted by Crippen LogP contribution is 1.98. The normalized spacial score (nSPS) is 32.8. The molecule has 0 saturated carbocycles. The molecule has 3 N–H and O–H groups in total. The van der Waals surface area contributed by atoms with Gasteiger partial charge in [-0.1, -0.05) is 0 Å². The summed E-state index contributed by atoms with van der Waals surface area (Å²) in [7, 11) is 0. The molecule has 5 heteroatoms. The van der Waals surface area contributed by atoms with Crippen LogP contribution < -0.4 is 16.0 Å². The molecule has 2 unspecified atom stereocenters. The molecule has 0 spiro atoms. The Bertz CT molecular complexity index is 202. The molecule has 2 saturated heterocycles. The molecule has 2 heterocycles. The molecule has 0 aromatic carbocycles. The van der Waals surface area contributed by atoms with Crippen LogP contribution in [0.3, 0.4) is 0 Å². The van der Waals surface area contributed by atoms with Crippen molar-refractivity contribution in [3.05, 3.63) is 0 Å². The molecular weight excluding hydrogens is 238 g/mol. The number of nitrogens with one attached hydrogen (secondary N) is 3. The minimum atomic E-state index is 1.10. The van der Waals surface area contributed by atoms with E-state index in [2.05, 4.69) is 25.8 Å². The van der Waals surface area contributed by atoms with Gasteiger partial charge in [0, 0.05) is 52.4 Å². The Labute approximate surface area is 118 Å². The topological polar surface area (TPSA) is 42.6 Å². The number of rotatable bonds is 0. The monoisotopic (exact) mass is 269 g/mol. The van der Waals surface area contributed by atoms with Gasteiger partial charge in [0.25, 0.3) is 0 Å². The van der Waals surface area contributed by atoms with Gasteiger partial charge in [-0.15, -0.1) is 0 Å². The SMILES string of the molecule is C1CNCCNCCCN2CCNCCN(C1)CC2. The van der Waals surface area contributed by atoms with E-state index >= 15 is 0 Å². The lowest BCUT2D eigenvalue weighted by Gasteiger charge is -2.26. The Kier molecular flexibility index (Phi) is 7.73. The molecule has 2 bridgehead atoms. The average molecular weight is 269 g/mol. The zero-order chi connectivity index (χ0) is 13.2. The Hall–Kier alpha value is -0.200. The van der Waals surface area contributed by atoms with E-state index in [0.717, 1.165) is 39.3 Å². The molecule has 0 amide bonds. The van der Waals surface area contributed by atoms with Gasteiger partial charge in [-0.05, 0) is 39.0 Å². The third kappa shape index (κ3) is 6.68. The molecule has 5 nitrogen and oxygen atoms in total.